The first-order chi connectivity index (χ1) is 5.38. The standard InChI is InChI=1S/C10H8F/c11-10-7-3-5-8-4-1-2-6-9(8)10/h1-7,10H. The van der Waals surface area contributed by atoms with Crippen LogP contribution in [-0.2, 0) is 0 Å². The fourth-order valence-corrected chi connectivity index (χ4v) is 1.27. The predicted molar refractivity (Wildman–Crippen MR) is 42.8 cm³/mol. The molecule has 0 nitrogen and oxygen atoms in total. The Kier molecular flexibility index (Phi) is 1.50. The van der Waals surface area contributed by atoms with Gasteiger partial charge in [-0.05, 0) is 17.2 Å². The van der Waals surface area contributed by atoms with Crippen molar-refractivity contribution in [2.75, 3.05) is 0 Å². The Labute approximate surface area is 65.4 Å². The second kappa shape index (κ2) is 2.50. The van der Waals surface area contributed by atoms with Gasteiger partial charge in [-0.1, -0.05) is 30.3 Å². The first-order valence-corrected chi connectivity index (χ1v) is 3.62. The second-order valence-corrected chi connectivity index (χ2v) is 2.58. The van der Waals surface area contributed by atoms with E-state index in [1.54, 1.807) is 12.2 Å². The molecule has 1 heteroatoms. The maximum Gasteiger partial charge on any atom is 0.144 e. The molecule has 11 heavy (non-hydrogen) atoms. The number of allylic oxidation sites excluding steroid dienone is 2. The van der Waals surface area contributed by atoms with Crippen molar-refractivity contribution < 1.29 is 4.39 Å². The van der Waals surface area contributed by atoms with Gasteiger partial charge < -0.3 is 0 Å². The van der Waals surface area contributed by atoms with Crippen LogP contribution >= 0.6 is 0 Å². The van der Waals surface area contributed by atoms with Crippen molar-refractivity contribution in [2.24, 2.45) is 0 Å². The average molecular weight is 147 g/mol. The van der Waals surface area contributed by atoms with E-state index in [-0.39, 0.29) is 0 Å². The summed E-state index contributed by atoms with van der Waals surface area (Å²) in [6.45, 7) is 0. The number of hydrogen-bond donors (Lipinski definition) is 0. The fourth-order valence-electron chi connectivity index (χ4n) is 1.27. The number of alkyl halides is 1. The monoisotopic (exact) mass is 147 g/mol. The van der Waals surface area contributed by atoms with E-state index in [9.17, 15) is 4.39 Å². The summed E-state index contributed by atoms with van der Waals surface area (Å²) < 4.78 is 13.1. The molecular formula is C10H8F. The number of fused-ring (bicyclic) bond motifs is 1. The summed E-state index contributed by atoms with van der Waals surface area (Å²) in [7, 11) is 0. The van der Waals surface area contributed by atoms with E-state index in [1.165, 1.54) is 0 Å². The normalized spacial score (nSPS) is 21.4. The summed E-state index contributed by atoms with van der Waals surface area (Å²) in [5.74, 6) is 0. The summed E-state index contributed by atoms with van der Waals surface area (Å²) in [4.78, 5) is 0. The Morgan fingerprint density at radius 3 is 2.82 bits per heavy atom. The van der Waals surface area contributed by atoms with Crippen molar-refractivity contribution in [3.05, 3.63) is 54.0 Å². The van der Waals surface area contributed by atoms with Crippen LogP contribution in [0.5, 0.6) is 0 Å². The Morgan fingerprint density at radius 2 is 2.00 bits per heavy atom. The SMILES string of the molecule is FC1C=C[CH]c2ccccc21. The molecule has 1 aliphatic carbocycles. The molecule has 1 aromatic rings. The molecule has 0 bridgehead atoms. The third kappa shape index (κ3) is 1.07. The summed E-state index contributed by atoms with van der Waals surface area (Å²) in [6.07, 6.45) is 4.32. The molecule has 55 valence electrons. The zero-order chi connectivity index (χ0) is 7.68. The highest BCUT2D eigenvalue weighted by atomic mass is 19.1. The predicted octanol–water partition coefficient (Wildman–Crippen LogP) is 2.82. The number of rotatable bonds is 0. The lowest BCUT2D eigenvalue weighted by Gasteiger charge is -2.12. The molecule has 1 aliphatic rings. The van der Waals surface area contributed by atoms with Crippen LogP contribution in [-0.4, -0.2) is 0 Å². The largest absolute Gasteiger partial charge is 0.238 e. The minimum atomic E-state index is -0.920. The van der Waals surface area contributed by atoms with Crippen molar-refractivity contribution >= 4 is 0 Å². The smallest absolute Gasteiger partial charge is 0.144 e. The lowest BCUT2D eigenvalue weighted by Crippen LogP contribution is -1.97. The van der Waals surface area contributed by atoms with Crippen LogP contribution in [0.2, 0.25) is 0 Å². The number of benzene rings is 1. The van der Waals surface area contributed by atoms with Crippen molar-refractivity contribution in [2.45, 2.75) is 6.17 Å². The van der Waals surface area contributed by atoms with Crippen molar-refractivity contribution in [1.82, 2.24) is 0 Å². The van der Waals surface area contributed by atoms with Crippen molar-refractivity contribution in [3.63, 3.8) is 0 Å². The molecule has 0 N–H and O–H groups in total. The van der Waals surface area contributed by atoms with Crippen LogP contribution in [0.3, 0.4) is 0 Å². The minimum absolute atomic E-state index is 0.773. The van der Waals surface area contributed by atoms with E-state index in [2.05, 4.69) is 0 Å². The fraction of sp³-hybridized carbons (Fsp3) is 0.100. The van der Waals surface area contributed by atoms with Crippen LogP contribution in [0.1, 0.15) is 17.3 Å². The third-order valence-corrected chi connectivity index (χ3v) is 1.85. The number of halogens is 1. The van der Waals surface area contributed by atoms with Crippen molar-refractivity contribution in [3.8, 4) is 0 Å². The first-order valence-electron chi connectivity index (χ1n) is 3.62. The summed E-state index contributed by atoms with van der Waals surface area (Å²) >= 11 is 0. The molecule has 0 spiro atoms. The molecule has 1 unspecified atom stereocenters. The summed E-state index contributed by atoms with van der Waals surface area (Å²) in [5.41, 5.74) is 1.76. The van der Waals surface area contributed by atoms with E-state index in [0.717, 1.165) is 11.1 Å². The van der Waals surface area contributed by atoms with E-state index in [4.69, 9.17) is 0 Å². The molecule has 1 aromatic carbocycles. The molecule has 0 aromatic heterocycles. The van der Waals surface area contributed by atoms with Gasteiger partial charge in [-0.3, -0.25) is 0 Å². The van der Waals surface area contributed by atoms with Crippen molar-refractivity contribution in [1.29, 1.82) is 0 Å². The van der Waals surface area contributed by atoms with E-state index < -0.39 is 6.17 Å². The van der Waals surface area contributed by atoms with Crippen LogP contribution in [0.4, 0.5) is 4.39 Å². The van der Waals surface area contributed by atoms with Gasteiger partial charge >= 0.3 is 0 Å². The minimum Gasteiger partial charge on any atom is -0.238 e. The zero-order valence-electron chi connectivity index (χ0n) is 6.00. The van der Waals surface area contributed by atoms with Gasteiger partial charge in [0, 0.05) is 6.42 Å². The van der Waals surface area contributed by atoms with Gasteiger partial charge in [0.2, 0.25) is 0 Å². The maximum absolute atomic E-state index is 13.1. The van der Waals surface area contributed by atoms with Gasteiger partial charge in [-0.25, -0.2) is 4.39 Å². The highest BCUT2D eigenvalue weighted by molar-refractivity contribution is 5.42. The van der Waals surface area contributed by atoms with E-state index in [0.29, 0.717) is 0 Å². The molecule has 0 saturated heterocycles. The maximum atomic E-state index is 13.1. The Balaban J connectivity index is 2.50. The topological polar surface area (TPSA) is 0 Å². The molecule has 1 atom stereocenters. The van der Waals surface area contributed by atoms with Crippen LogP contribution in [0.25, 0.3) is 0 Å². The summed E-state index contributed by atoms with van der Waals surface area (Å²) in [6, 6.07) is 7.52. The third-order valence-electron chi connectivity index (χ3n) is 1.85. The molecular weight excluding hydrogens is 139 g/mol. The van der Waals surface area contributed by atoms with E-state index in [1.807, 2.05) is 30.7 Å². The molecule has 0 saturated carbocycles. The highest BCUT2D eigenvalue weighted by Crippen LogP contribution is 2.27. The second-order valence-electron chi connectivity index (χ2n) is 2.58. The van der Waals surface area contributed by atoms with Gasteiger partial charge in [0.1, 0.15) is 6.17 Å². The first kappa shape index (κ1) is 6.59. The van der Waals surface area contributed by atoms with E-state index >= 15 is 0 Å². The van der Waals surface area contributed by atoms with Crippen LogP contribution < -0.4 is 0 Å². The average Bonchev–Trinajstić information content (AvgIpc) is 2.06. The Hall–Kier alpha value is -1.11. The molecule has 0 fully saturated rings. The van der Waals surface area contributed by atoms with Gasteiger partial charge in [0.05, 0.1) is 0 Å². The van der Waals surface area contributed by atoms with Gasteiger partial charge in [-0.15, -0.1) is 0 Å². The Morgan fingerprint density at radius 1 is 1.18 bits per heavy atom. The molecule has 0 aliphatic heterocycles. The molecule has 1 radical (unpaired) electrons. The summed E-state index contributed by atoms with van der Waals surface area (Å²) in [5, 5.41) is 0. The lowest BCUT2D eigenvalue weighted by atomic mass is 9.96. The highest BCUT2D eigenvalue weighted by Gasteiger charge is 2.13. The Bertz CT molecular complexity index is 289. The van der Waals surface area contributed by atoms with Gasteiger partial charge in [-0.2, -0.15) is 0 Å². The number of hydrogen-bond acceptors (Lipinski definition) is 0. The van der Waals surface area contributed by atoms with Crippen LogP contribution in [0, 0.1) is 6.42 Å². The lowest BCUT2D eigenvalue weighted by molar-refractivity contribution is 0.411. The van der Waals surface area contributed by atoms with Gasteiger partial charge in [0.25, 0.3) is 0 Å². The van der Waals surface area contributed by atoms with Gasteiger partial charge in [0.15, 0.2) is 0 Å². The molecule has 2 rings (SSSR count). The van der Waals surface area contributed by atoms with Crippen LogP contribution in [0.15, 0.2) is 36.4 Å². The zero-order valence-corrected chi connectivity index (χ0v) is 6.00. The quantitative estimate of drug-likeness (QED) is 0.529. The molecule has 0 amide bonds. The molecule has 0 heterocycles.